The van der Waals surface area contributed by atoms with Crippen LogP contribution in [0.1, 0.15) is 18.3 Å². The third kappa shape index (κ3) is 6.04. The van der Waals surface area contributed by atoms with E-state index in [-0.39, 0.29) is 24.5 Å². The number of ether oxygens (including phenoxy) is 1. The monoisotopic (exact) mass is 542 g/mol. The van der Waals surface area contributed by atoms with Gasteiger partial charge in [-0.3, -0.25) is 9.78 Å². The highest BCUT2D eigenvalue weighted by atomic mass is 19.4. The van der Waals surface area contributed by atoms with Gasteiger partial charge in [0.05, 0.1) is 6.04 Å². The van der Waals surface area contributed by atoms with Crippen molar-refractivity contribution in [2.24, 2.45) is 0 Å². The number of nitrogens with one attached hydrogen (secondary N) is 2. The van der Waals surface area contributed by atoms with Gasteiger partial charge in [-0.25, -0.2) is 14.7 Å². The molecule has 11 nitrogen and oxygen atoms in total. The van der Waals surface area contributed by atoms with Crippen LogP contribution in [-0.4, -0.2) is 56.1 Å². The normalized spacial score (nSPS) is 15.8. The number of anilines is 3. The molecule has 2 N–H and O–H groups in total. The molecule has 3 aromatic heterocycles. The number of aromatic nitrogens is 5. The maximum absolute atomic E-state index is 13.2. The minimum absolute atomic E-state index is 0.0774. The lowest BCUT2D eigenvalue weighted by molar-refractivity contribution is -0.141. The molecule has 1 fully saturated rings. The van der Waals surface area contributed by atoms with Crippen molar-refractivity contribution in [3.63, 3.8) is 0 Å². The number of nitrogens with zero attached hydrogens (tertiary/aromatic N) is 6. The van der Waals surface area contributed by atoms with Crippen molar-refractivity contribution in [2.75, 3.05) is 23.4 Å². The largest absolute Gasteiger partial charge is 0.447 e. The van der Waals surface area contributed by atoms with E-state index in [0.717, 1.165) is 23.2 Å². The number of hydrogen-bond acceptors (Lipinski definition) is 9. The molecule has 0 saturated carbocycles. The highest BCUT2D eigenvalue weighted by Gasteiger charge is 2.38. The number of hydrogen-bond donors (Lipinski definition) is 2. The van der Waals surface area contributed by atoms with Crippen LogP contribution in [0.15, 0.2) is 36.5 Å². The summed E-state index contributed by atoms with van der Waals surface area (Å²) in [7, 11) is 0. The molecule has 1 aliphatic rings. The molecule has 0 bridgehead atoms. The Balaban J connectivity index is 1.79. The third-order valence-corrected chi connectivity index (χ3v) is 4.96. The molecular formula is C21H16F6N8O3. The van der Waals surface area contributed by atoms with E-state index in [0.29, 0.717) is 6.07 Å². The van der Waals surface area contributed by atoms with Crippen LogP contribution >= 0.6 is 0 Å². The van der Waals surface area contributed by atoms with Gasteiger partial charge in [-0.1, -0.05) is 6.07 Å². The maximum atomic E-state index is 13.2. The zero-order chi connectivity index (χ0) is 27.7. The van der Waals surface area contributed by atoms with Crippen LogP contribution in [0, 0.1) is 0 Å². The Morgan fingerprint density at radius 3 is 2.47 bits per heavy atom. The number of alkyl halides is 6. The first-order valence-corrected chi connectivity index (χ1v) is 10.6. The summed E-state index contributed by atoms with van der Waals surface area (Å²) >= 11 is 0. The fourth-order valence-electron chi connectivity index (χ4n) is 3.27. The Bertz CT molecular complexity index is 1370. The van der Waals surface area contributed by atoms with Crippen LogP contribution in [0.3, 0.4) is 0 Å². The number of pyridine rings is 2. The summed E-state index contributed by atoms with van der Waals surface area (Å²) in [5, 5.41) is 5.02. The van der Waals surface area contributed by atoms with Crippen LogP contribution in [-0.2, 0) is 21.9 Å². The zero-order valence-corrected chi connectivity index (χ0v) is 19.1. The number of cyclic esters (lactones) is 1. The molecule has 4 rings (SSSR count). The second-order valence-corrected chi connectivity index (χ2v) is 7.78. The van der Waals surface area contributed by atoms with E-state index < -0.39 is 59.5 Å². The Labute approximate surface area is 209 Å². The van der Waals surface area contributed by atoms with E-state index in [1.807, 2.05) is 0 Å². The van der Waals surface area contributed by atoms with Crippen molar-refractivity contribution in [3.05, 3.63) is 47.9 Å². The predicted molar refractivity (Wildman–Crippen MR) is 117 cm³/mol. The molecule has 0 aromatic carbocycles. The number of halogens is 6. The van der Waals surface area contributed by atoms with Crippen molar-refractivity contribution in [1.29, 1.82) is 0 Å². The van der Waals surface area contributed by atoms with Gasteiger partial charge in [-0.15, -0.1) is 0 Å². The summed E-state index contributed by atoms with van der Waals surface area (Å²) in [5.41, 5.74) is -3.00. The first kappa shape index (κ1) is 26.5. The molecule has 0 aliphatic carbocycles. The fraction of sp³-hybridized carbons (Fsp3) is 0.286. The summed E-state index contributed by atoms with van der Waals surface area (Å²) < 4.78 is 84.0. The van der Waals surface area contributed by atoms with Crippen molar-refractivity contribution in [3.8, 4) is 11.5 Å². The molecular weight excluding hydrogens is 526 g/mol. The first-order valence-electron chi connectivity index (χ1n) is 10.6. The molecule has 1 unspecified atom stereocenters. The molecule has 0 spiro atoms. The minimum Gasteiger partial charge on any atom is -0.447 e. The van der Waals surface area contributed by atoms with Crippen molar-refractivity contribution in [2.45, 2.75) is 25.3 Å². The van der Waals surface area contributed by atoms with Gasteiger partial charge in [0.2, 0.25) is 17.8 Å². The first-order chi connectivity index (χ1) is 17.8. The van der Waals surface area contributed by atoms with Crippen LogP contribution in [0.25, 0.3) is 11.5 Å². The molecule has 1 aliphatic heterocycles. The summed E-state index contributed by atoms with van der Waals surface area (Å²) in [4.78, 5) is 43.6. The molecule has 200 valence electrons. The molecule has 4 heterocycles. The lowest BCUT2D eigenvalue weighted by Crippen LogP contribution is -2.43. The minimum atomic E-state index is -4.79. The number of rotatable bonds is 6. The average molecular weight is 542 g/mol. The highest BCUT2D eigenvalue weighted by molar-refractivity contribution is 5.88. The predicted octanol–water partition coefficient (Wildman–Crippen LogP) is 3.57. The van der Waals surface area contributed by atoms with Gasteiger partial charge in [0.15, 0.2) is 5.82 Å². The van der Waals surface area contributed by atoms with Crippen molar-refractivity contribution < 1.29 is 40.7 Å². The van der Waals surface area contributed by atoms with E-state index in [1.165, 1.54) is 19.1 Å². The molecule has 1 saturated heterocycles. The molecule has 3 aromatic rings. The van der Waals surface area contributed by atoms with Gasteiger partial charge < -0.3 is 15.4 Å². The Morgan fingerprint density at radius 2 is 1.79 bits per heavy atom. The van der Waals surface area contributed by atoms with Crippen molar-refractivity contribution in [1.82, 2.24) is 30.2 Å². The van der Waals surface area contributed by atoms with Crippen LogP contribution in [0.4, 0.5) is 48.7 Å². The van der Waals surface area contributed by atoms with Crippen LogP contribution < -0.4 is 15.5 Å². The Hall–Kier alpha value is -4.57. The van der Waals surface area contributed by atoms with E-state index >= 15 is 0 Å². The standard InChI is InChI=1S/C21H16F6N8O3/c1-10(36)29-8-12-9-38-19(37)35(12)18-33-16(13-3-2-4-14(31-13)20(22,23)24)32-17(34-18)30-11-5-6-28-15(7-11)21(25,26)27/h2-7,12H,8-9H2,1H3,(H,29,36)(H,28,30,32,33,34). The summed E-state index contributed by atoms with van der Waals surface area (Å²) in [6.45, 7) is 0.990. The van der Waals surface area contributed by atoms with E-state index in [9.17, 15) is 35.9 Å². The highest BCUT2D eigenvalue weighted by Crippen LogP contribution is 2.31. The number of carbonyl (C=O) groups is 2. The Kier molecular flexibility index (Phi) is 7.01. The van der Waals surface area contributed by atoms with Crippen LogP contribution in [0.2, 0.25) is 0 Å². The zero-order valence-electron chi connectivity index (χ0n) is 19.1. The quantitative estimate of drug-likeness (QED) is 0.448. The third-order valence-electron chi connectivity index (χ3n) is 4.96. The Morgan fingerprint density at radius 1 is 1.05 bits per heavy atom. The molecule has 1 atom stereocenters. The van der Waals surface area contributed by atoms with Gasteiger partial charge in [-0.05, 0) is 24.3 Å². The summed E-state index contributed by atoms with van der Waals surface area (Å²) in [6.07, 6.45) is -9.60. The average Bonchev–Trinajstić information content (AvgIpc) is 3.22. The SMILES string of the molecule is CC(=O)NCC1COC(=O)N1c1nc(Nc2ccnc(C(F)(F)F)c2)nc(-c2cccc(C(F)(F)F)n2)n1. The van der Waals surface area contributed by atoms with Gasteiger partial charge in [-0.2, -0.15) is 41.3 Å². The lowest BCUT2D eigenvalue weighted by atomic mass is 10.2. The van der Waals surface area contributed by atoms with Crippen molar-refractivity contribution >= 4 is 29.6 Å². The maximum Gasteiger partial charge on any atom is 0.433 e. The van der Waals surface area contributed by atoms with Gasteiger partial charge in [0.25, 0.3) is 0 Å². The molecule has 0 radical (unpaired) electrons. The van der Waals surface area contributed by atoms with E-state index in [2.05, 4.69) is 35.6 Å². The molecule has 38 heavy (non-hydrogen) atoms. The number of amides is 2. The van der Waals surface area contributed by atoms with Gasteiger partial charge >= 0.3 is 18.4 Å². The molecule has 2 amide bonds. The lowest BCUT2D eigenvalue weighted by Gasteiger charge is -2.20. The summed E-state index contributed by atoms with van der Waals surface area (Å²) in [6, 6.07) is 3.98. The fourth-order valence-corrected chi connectivity index (χ4v) is 3.27. The van der Waals surface area contributed by atoms with E-state index in [1.54, 1.807) is 0 Å². The topological polar surface area (TPSA) is 135 Å². The van der Waals surface area contributed by atoms with Crippen LogP contribution in [0.5, 0.6) is 0 Å². The van der Waals surface area contributed by atoms with Gasteiger partial charge in [0.1, 0.15) is 23.7 Å². The second kappa shape index (κ2) is 10.1. The summed E-state index contributed by atoms with van der Waals surface area (Å²) in [5.74, 6) is -1.65. The molecule has 17 heteroatoms. The van der Waals surface area contributed by atoms with E-state index in [4.69, 9.17) is 4.74 Å². The smallest absolute Gasteiger partial charge is 0.433 e. The number of carbonyl (C=O) groups excluding carboxylic acids is 2. The second-order valence-electron chi connectivity index (χ2n) is 7.78. The van der Waals surface area contributed by atoms with Gasteiger partial charge in [0, 0.05) is 25.4 Å².